The standard InChI is InChI=1S/C26H29N3O2.C24H29N5O2.2H2/c1-20-11-12-23(18-25(20)31-24-9-4-3-5-10-24)27-26(30)22-8-6-7-21(17-22)19-29-15-13-28(2)14-16-29;1-18-9-10-21(16-22(18)31-24-25-11-6-12-26-24)27-23(30)20-8-5-7-19(15-20)17-29(4)14-13-28(2)3;;/h3-12,17-18H,13-16,19H2,1-2H3,(H,27,30);5-12,15-16H,13-14,17H2,1-4H3,(H,27,30);2*1H. The maximum absolute atomic E-state index is 12.9. The molecule has 2 N–H and O–H groups in total. The second-order valence-corrected chi connectivity index (χ2v) is 15.9. The lowest BCUT2D eigenvalue weighted by molar-refractivity contribution is 0.101. The first-order chi connectivity index (χ1) is 30.0. The van der Waals surface area contributed by atoms with Crippen molar-refractivity contribution in [1.82, 2.24) is 29.6 Å². The lowest BCUT2D eigenvalue weighted by atomic mass is 10.1. The number of ether oxygens (including phenoxy) is 2. The van der Waals surface area contributed by atoms with Gasteiger partial charge < -0.3 is 34.8 Å². The van der Waals surface area contributed by atoms with Gasteiger partial charge in [0.1, 0.15) is 17.2 Å². The molecule has 0 unspecified atom stereocenters. The topological polar surface area (TPSA) is 115 Å². The average molecular weight is 839 g/mol. The van der Waals surface area contributed by atoms with Crippen LogP contribution in [0.5, 0.6) is 23.3 Å². The molecule has 1 aromatic heterocycles. The molecule has 1 aliphatic heterocycles. The van der Waals surface area contributed by atoms with E-state index in [1.165, 1.54) is 0 Å². The summed E-state index contributed by atoms with van der Waals surface area (Å²) in [5.41, 5.74) is 6.84. The minimum atomic E-state index is -0.163. The van der Waals surface area contributed by atoms with E-state index in [1.54, 1.807) is 24.5 Å². The van der Waals surface area contributed by atoms with E-state index in [4.69, 9.17) is 9.47 Å². The van der Waals surface area contributed by atoms with E-state index in [0.717, 1.165) is 86.1 Å². The maximum Gasteiger partial charge on any atom is 0.321 e. The highest BCUT2D eigenvalue weighted by Crippen LogP contribution is 2.29. The van der Waals surface area contributed by atoms with Crippen molar-refractivity contribution in [3.63, 3.8) is 0 Å². The molecule has 1 aliphatic rings. The number of rotatable bonds is 15. The highest BCUT2D eigenvalue weighted by atomic mass is 16.5. The molecule has 2 heterocycles. The molecule has 0 spiro atoms. The van der Waals surface area contributed by atoms with Gasteiger partial charge in [0.25, 0.3) is 11.8 Å². The number of nitrogens with one attached hydrogen (secondary N) is 2. The summed E-state index contributed by atoms with van der Waals surface area (Å²) in [5, 5.41) is 5.96. The van der Waals surface area contributed by atoms with Crippen LogP contribution in [0, 0.1) is 13.8 Å². The molecular formula is C50H62N8O4. The predicted molar refractivity (Wildman–Crippen MR) is 252 cm³/mol. The zero-order valence-electron chi connectivity index (χ0n) is 36.7. The molecule has 0 aliphatic carbocycles. The Kier molecular flexibility index (Phi) is 16.3. The Morgan fingerprint density at radius 2 is 1.21 bits per heavy atom. The van der Waals surface area contributed by atoms with Crippen molar-refractivity contribution in [2.75, 3.05) is 78.1 Å². The summed E-state index contributed by atoms with van der Waals surface area (Å²) in [6, 6.07) is 38.5. The summed E-state index contributed by atoms with van der Waals surface area (Å²) in [6.07, 6.45) is 3.24. The van der Waals surface area contributed by atoms with E-state index < -0.39 is 0 Å². The smallest absolute Gasteiger partial charge is 0.321 e. The van der Waals surface area contributed by atoms with Gasteiger partial charge in [0.05, 0.1) is 0 Å². The van der Waals surface area contributed by atoms with E-state index >= 15 is 0 Å². The summed E-state index contributed by atoms with van der Waals surface area (Å²) < 4.78 is 11.7. The fourth-order valence-electron chi connectivity index (χ4n) is 6.68. The van der Waals surface area contributed by atoms with Gasteiger partial charge in [-0.25, -0.2) is 9.97 Å². The summed E-state index contributed by atoms with van der Waals surface area (Å²) in [4.78, 5) is 43.1. The molecule has 5 aromatic carbocycles. The van der Waals surface area contributed by atoms with Gasteiger partial charge in [0.2, 0.25) is 0 Å². The first-order valence-electron chi connectivity index (χ1n) is 20.9. The lowest BCUT2D eigenvalue weighted by Gasteiger charge is -2.32. The van der Waals surface area contributed by atoms with E-state index in [1.807, 2.05) is 117 Å². The molecule has 0 saturated carbocycles. The summed E-state index contributed by atoms with van der Waals surface area (Å²) in [5.74, 6) is 1.82. The van der Waals surface area contributed by atoms with Gasteiger partial charge in [-0.05, 0) is 119 Å². The number of piperazine rings is 1. The fourth-order valence-corrected chi connectivity index (χ4v) is 6.68. The molecule has 326 valence electrons. The Morgan fingerprint density at radius 1 is 0.645 bits per heavy atom. The molecule has 62 heavy (non-hydrogen) atoms. The van der Waals surface area contributed by atoms with Crippen molar-refractivity contribution in [1.29, 1.82) is 0 Å². The molecule has 7 rings (SSSR count). The molecule has 12 nitrogen and oxygen atoms in total. The molecule has 6 aromatic rings. The minimum absolute atomic E-state index is 0. The van der Waals surface area contributed by atoms with Crippen LogP contribution < -0.4 is 20.1 Å². The lowest BCUT2D eigenvalue weighted by Crippen LogP contribution is -2.43. The van der Waals surface area contributed by atoms with Gasteiger partial charge in [-0.15, -0.1) is 0 Å². The first kappa shape index (κ1) is 45.1. The van der Waals surface area contributed by atoms with Crippen molar-refractivity contribution in [3.8, 4) is 23.3 Å². The van der Waals surface area contributed by atoms with Crippen LogP contribution in [0.15, 0.2) is 134 Å². The summed E-state index contributed by atoms with van der Waals surface area (Å²) >= 11 is 0. The predicted octanol–water partition coefficient (Wildman–Crippen LogP) is 9.10. The number of aromatic nitrogens is 2. The summed E-state index contributed by atoms with van der Waals surface area (Å²) in [6.45, 7) is 11.8. The molecule has 0 radical (unpaired) electrons. The Labute approximate surface area is 369 Å². The second-order valence-electron chi connectivity index (χ2n) is 15.9. The molecule has 0 atom stereocenters. The molecule has 1 fully saturated rings. The van der Waals surface area contributed by atoms with Crippen molar-refractivity contribution >= 4 is 23.2 Å². The van der Waals surface area contributed by atoms with Crippen LogP contribution in [-0.2, 0) is 13.1 Å². The second kappa shape index (κ2) is 22.4. The van der Waals surface area contributed by atoms with E-state index in [2.05, 4.69) is 74.5 Å². The van der Waals surface area contributed by atoms with Gasteiger partial charge in [-0.2, -0.15) is 0 Å². The van der Waals surface area contributed by atoms with E-state index in [0.29, 0.717) is 28.3 Å². The van der Waals surface area contributed by atoms with Crippen LogP contribution in [0.3, 0.4) is 0 Å². The molecular weight excluding hydrogens is 777 g/mol. The number of amides is 2. The van der Waals surface area contributed by atoms with Crippen LogP contribution in [-0.4, -0.2) is 109 Å². The van der Waals surface area contributed by atoms with Gasteiger partial charge in [0.15, 0.2) is 0 Å². The van der Waals surface area contributed by atoms with Crippen LogP contribution >= 0.6 is 0 Å². The van der Waals surface area contributed by atoms with Crippen LogP contribution in [0.4, 0.5) is 11.4 Å². The molecule has 0 bridgehead atoms. The number of hydrogen-bond donors (Lipinski definition) is 2. The zero-order valence-corrected chi connectivity index (χ0v) is 36.7. The fraction of sp³-hybridized carbons (Fsp3) is 0.280. The van der Waals surface area contributed by atoms with Gasteiger partial charge in [-0.1, -0.05) is 54.6 Å². The highest BCUT2D eigenvalue weighted by Gasteiger charge is 2.16. The third-order valence-corrected chi connectivity index (χ3v) is 10.4. The summed E-state index contributed by atoms with van der Waals surface area (Å²) in [7, 11) is 8.37. The van der Waals surface area contributed by atoms with Gasteiger partial charge in [0, 0.05) is 102 Å². The maximum atomic E-state index is 12.9. The normalized spacial score (nSPS) is 13.0. The Morgan fingerprint density at radius 3 is 1.81 bits per heavy atom. The Balaban J connectivity index is 0.000000272. The van der Waals surface area contributed by atoms with Crippen molar-refractivity contribution < 1.29 is 21.9 Å². The molecule has 12 heteroatoms. The number of carbonyl (C=O) groups excluding carboxylic acids is 2. The number of carbonyl (C=O) groups is 2. The van der Waals surface area contributed by atoms with E-state index in [9.17, 15) is 9.59 Å². The van der Waals surface area contributed by atoms with Crippen LogP contribution in [0.2, 0.25) is 0 Å². The van der Waals surface area contributed by atoms with Crippen molar-refractivity contribution in [3.05, 3.63) is 167 Å². The van der Waals surface area contributed by atoms with Gasteiger partial charge >= 0.3 is 6.01 Å². The van der Waals surface area contributed by atoms with Crippen molar-refractivity contribution in [2.45, 2.75) is 26.9 Å². The van der Waals surface area contributed by atoms with Crippen LogP contribution in [0.1, 0.15) is 45.8 Å². The number of benzene rings is 5. The molecule has 1 saturated heterocycles. The van der Waals surface area contributed by atoms with Gasteiger partial charge in [-0.3, -0.25) is 14.5 Å². The highest BCUT2D eigenvalue weighted by molar-refractivity contribution is 6.05. The number of hydrogen-bond acceptors (Lipinski definition) is 10. The Hall–Kier alpha value is -6.44. The number of nitrogens with zero attached hydrogens (tertiary/aromatic N) is 6. The van der Waals surface area contributed by atoms with Crippen LogP contribution in [0.25, 0.3) is 0 Å². The average Bonchev–Trinajstić information content (AvgIpc) is 3.27. The third kappa shape index (κ3) is 14.1. The largest absolute Gasteiger partial charge is 0.457 e. The Bertz CT molecular complexity index is 2380. The quantitative estimate of drug-likeness (QED) is 0.104. The number of aryl methyl sites for hydroxylation is 2. The zero-order chi connectivity index (χ0) is 43.8. The third-order valence-electron chi connectivity index (χ3n) is 10.4. The van der Waals surface area contributed by atoms with E-state index in [-0.39, 0.29) is 20.7 Å². The number of anilines is 2. The number of para-hydroxylation sites is 1. The minimum Gasteiger partial charge on any atom is -0.457 e. The first-order valence-corrected chi connectivity index (χ1v) is 20.9. The SMILES string of the molecule is Cc1ccc(NC(=O)c2cccc(CN(C)CCN(C)C)c2)cc1Oc1ncccn1.Cc1ccc(NC(=O)c2cccc(CN3CCN(C)CC3)c2)cc1Oc1ccccc1.[HH].[HH]. The monoisotopic (exact) mass is 838 g/mol. The molecule has 2 amide bonds. The number of likely N-dealkylation sites (N-methyl/N-ethyl adjacent to an activating group) is 3. The van der Waals surface area contributed by atoms with Crippen molar-refractivity contribution in [2.24, 2.45) is 0 Å².